The normalized spacial score (nSPS) is 14.9. The molecule has 144 valence electrons. The first-order chi connectivity index (χ1) is 13.1. The predicted octanol–water partition coefficient (Wildman–Crippen LogP) is 2.41. The summed E-state index contributed by atoms with van der Waals surface area (Å²) in [5.74, 6) is 0.816. The van der Waals surface area contributed by atoms with Crippen molar-refractivity contribution in [3.63, 3.8) is 0 Å². The van der Waals surface area contributed by atoms with Crippen LogP contribution in [0.15, 0.2) is 36.7 Å². The number of amides is 1. The summed E-state index contributed by atoms with van der Waals surface area (Å²) in [7, 11) is 0. The van der Waals surface area contributed by atoms with Gasteiger partial charge in [0.1, 0.15) is 11.5 Å². The molecule has 0 atom stereocenters. The van der Waals surface area contributed by atoms with E-state index in [9.17, 15) is 4.79 Å². The van der Waals surface area contributed by atoms with Gasteiger partial charge in [0.05, 0.1) is 25.6 Å². The van der Waals surface area contributed by atoms with E-state index in [1.54, 1.807) is 6.20 Å². The Labute approximate surface area is 160 Å². The minimum atomic E-state index is -0.204. The van der Waals surface area contributed by atoms with Crippen molar-refractivity contribution in [3.05, 3.63) is 47.9 Å². The summed E-state index contributed by atoms with van der Waals surface area (Å²) in [6, 6.07) is 8.12. The number of carbonyl (C=O) groups excluding carboxylic acids is 1. The second kappa shape index (κ2) is 9.43. The number of hydrogen-bond acceptors (Lipinski definition) is 6. The highest BCUT2D eigenvalue weighted by atomic mass is 16.5. The van der Waals surface area contributed by atoms with E-state index in [1.807, 2.05) is 18.2 Å². The minimum absolute atomic E-state index is 0.204. The molecule has 0 unspecified atom stereocenters. The Kier molecular flexibility index (Phi) is 6.73. The van der Waals surface area contributed by atoms with Gasteiger partial charge < -0.3 is 15.4 Å². The molecule has 2 aromatic rings. The molecule has 0 bridgehead atoms. The number of hydrogen-bond donors (Lipinski definition) is 2. The predicted molar refractivity (Wildman–Crippen MR) is 105 cm³/mol. The molecular formula is C20H27N5O2. The van der Waals surface area contributed by atoms with E-state index in [1.165, 1.54) is 11.8 Å². The van der Waals surface area contributed by atoms with Crippen LogP contribution in [-0.2, 0) is 4.74 Å². The summed E-state index contributed by atoms with van der Waals surface area (Å²) >= 11 is 0. The quantitative estimate of drug-likeness (QED) is 0.780. The Morgan fingerprint density at radius 1 is 1.19 bits per heavy atom. The molecule has 1 amide bonds. The molecule has 0 saturated carbocycles. The van der Waals surface area contributed by atoms with Crippen LogP contribution in [0.4, 0.5) is 11.5 Å². The number of anilines is 2. The highest BCUT2D eigenvalue weighted by Crippen LogP contribution is 2.25. The van der Waals surface area contributed by atoms with E-state index in [2.05, 4.69) is 45.4 Å². The van der Waals surface area contributed by atoms with Gasteiger partial charge in [0.2, 0.25) is 0 Å². The van der Waals surface area contributed by atoms with E-state index in [4.69, 9.17) is 4.74 Å². The number of nitrogens with one attached hydrogen (secondary N) is 2. The van der Waals surface area contributed by atoms with E-state index < -0.39 is 0 Å². The van der Waals surface area contributed by atoms with Crippen LogP contribution in [0.3, 0.4) is 0 Å². The van der Waals surface area contributed by atoms with Crippen LogP contribution in [-0.4, -0.2) is 60.2 Å². The van der Waals surface area contributed by atoms with Gasteiger partial charge in [0.15, 0.2) is 0 Å². The van der Waals surface area contributed by atoms with E-state index in [0.29, 0.717) is 24.0 Å². The van der Waals surface area contributed by atoms with Crippen LogP contribution in [0.1, 0.15) is 35.8 Å². The third kappa shape index (κ3) is 5.48. The van der Waals surface area contributed by atoms with Crippen molar-refractivity contribution in [2.24, 2.45) is 0 Å². The van der Waals surface area contributed by atoms with E-state index in [-0.39, 0.29) is 5.91 Å². The minimum Gasteiger partial charge on any atom is -0.379 e. The molecule has 2 N–H and O–H groups in total. The topological polar surface area (TPSA) is 79.4 Å². The van der Waals surface area contributed by atoms with Crippen molar-refractivity contribution in [3.8, 4) is 0 Å². The molecule has 1 aliphatic rings. The van der Waals surface area contributed by atoms with Crippen molar-refractivity contribution < 1.29 is 9.53 Å². The van der Waals surface area contributed by atoms with Crippen molar-refractivity contribution in [2.45, 2.75) is 19.8 Å². The molecule has 1 fully saturated rings. The lowest BCUT2D eigenvalue weighted by molar-refractivity contribution is 0.0383. The number of nitrogens with zero attached hydrogens (tertiary/aromatic N) is 3. The molecule has 2 heterocycles. The fourth-order valence-electron chi connectivity index (χ4n) is 3.00. The third-order valence-electron chi connectivity index (χ3n) is 4.55. The Bertz CT molecular complexity index is 742. The number of aromatic nitrogens is 2. The summed E-state index contributed by atoms with van der Waals surface area (Å²) in [4.78, 5) is 23.1. The van der Waals surface area contributed by atoms with Crippen molar-refractivity contribution >= 4 is 17.4 Å². The second-order valence-corrected chi connectivity index (χ2v) is 6.86. The summed E-state index contributed by atoms with van der Waals surface area (Å²) in [6.07, 6.45) is 3.10. The van der Waals surface area contributed by atoms with Gasteiger partial charge in [0.25, 0.3) is 5.91 Å². The van der Waals surface area contributed by atoms with Crippen LogP contribution in [0.2, 0.25) is 0 Å². The molecule has 0 aliphatic carbocycles. The van der Waals surface area contributed by atoms with Crippen LogP contribution >= 0.6 is 0 Å². The Morgan fingerprint density at radius 3 is 2.67 bits per heavy atom. The smallest absolute Gasteiger partial charge is 0.271 e. The number of para-hydroxylation sites is 1. The molecule has 7 nitrogen and oxygen atoms in total. The van der Waals surface area contributed by atoms with Gasteiger partial charge >= 0.3 is 0 Å². The first kappa shape index (κ1) is 19.3. The summed E-state index contributed by atoms with van der Waals surface area (Å²) in [5.41, 5.74) is 2.54. The molecule has 1 aliphatic heterocycles. The molecule has 3 rings (SSSR count). The number of benzene rings is 1. The monoisotopic (exact) mass is 369 g/mol. The highest BCUT2D eigenvalue weighted by Gasteiger charge is 2.12. The Morgan fingerprint density at radius 2 is 1.96 bits per heavy atom. The maximum absolute atomic E-state index is 12.2. The summed E-state index contributed by atoms with van der Waals surface area (Å²) in [6.45, 7) is 9.03. The van der Waals surface area contributed by atoms with Crippen molar-refractivity contribution in [1.29, 1.82) is 0 Å². The van der Waals surface area contributed by atoms with Gasteiger partial charge in [-0.1, -0.05) is 32.0 Å². The fraction of sp³-hybridized carbons (Fsp3) is 0.450. The molecule has 27 heavy (non-hydrogen) atoms. The fourth-order valence-corrected chi connectivity index (χ4v) is 3.00. The average molecular weight is 369 g/mol. The zero-order valence-electron chi connectivity index (χ0n) is 15.9. The number of carbonyl (C=O) groups is 1. The van der Waals surface area contributed by atoms with Crippen LogP contribution in [0, 0.1) is 0 Å². The Hall–Kier alpha value is -2.51. The second-order valence-electron chi connectivity index (χ2n) is 6.86. The van der Waals surface area contributed by atoms with Crippen LogP contribution in [0.25, 0.3) is 0 Å². The molecule has 1 aromatic heterocycles. The third-order valence-corrected chi connectivity index (χ3v) is 4.55. The van der Waals surface area contributed by atoms with Crippen LogP contribution in [0.5, 0.6) is 0 Å². The number of morpholine rings is 1. The molecule has 0 spiro atoms. The van der Waals surface area contributed by atoms with Gasteiger partial charge in [-0.05, 0) is 17.5 Å². The average Bonchev–Trinajstić information content (AvgIpc) is 2.69. The zero-order valence-corrected chi connectivity index (χ0v) is 15.9. The lowest BCUT2D eigenvalue weighted by Gasteiger charge is -2.26. The Balaban J connectivity index is 1.53. The first-order valence-electron chi connectivity index (χ1n) is 9.40. The van der Waals surface area contributed by atoms with Gasteiger partial charge in [-0.2, -0.15) is 0 Å². The highest BCUT2D eigenvalue weighted by molar-refractivity contribution is 5.92. The number of rotatable bonds is 7. The molecule has 0 radical (unpaired) electrons. The van der Waals surface area contributed by atoms with Crippen molar-refractivity contribution in [2.75, 3.05) is 44.7 Å². The van der Waals surface area contributed by atoms with Gasteiger partial charge in [-0.3, -0.25) is 9.69 Å². The van der Waals surface area contributed by atoms with Crippen LogP contribution < -0.4 is 10.6 Å². The SMILES string of the molecule is CC(C)c1ccccc1Nc1cnc(C(=O)NCCN2CCOCC2)cn1. The summed E-state index contributed by atoms with van der Waals surface area (Å²) in [5, 5.41) is 6.18. The standard InChI is InChI=1S/C20H27N5O2/c1-15(2)16-5-3-4-6-17(16)24-19-14-22-18(13-23-19)20(26)21-7-8-25-9-11-27-12-10-25/h3-6,13-15H,7-12H2,1-2H3,(H,21,26)(H,23,24). The largest absolute Gasteiger partial charge is 0.379 e. The summed E-state index contributed by atoms with van der Waals surface area (Å²) < 4.78 is 5.32. The van der Waals surface area contributed by atoms with Gasteiger partial charge in [-0.15, -0.1) is 0 Å². The molecule has 7 heteroatoms. The molecular weight excluding hydrogens is 342 g/mol. The first-order valence-corrected chi connectivity index (χ1v) is 9.40. The van der Waals surface area contributed by atoms with E-state index in [0.717, 1.165) is 38.5 Å². The number of ether oxygens (including phenoxy) is 1. The van der Waals surface area contributed by atoms with Gasteiger partial charge in [-0.25, -0.2) is 9.97 Å². The maximum atomic E-state index is 12.2. The maximum Gasteiger partial charge on any atom is 0.271 e. The molecule has 1 aromatic carbocycles. The van der Waals surface area contributed by atoms with E-state index >= 15 is 0 Å². The van der Waals surface area contributed by atoms with Crippen molar-refractivity contribution in [1.82, 2.24) is 20.2 Å². The lowest BCUT2D eigenvalue weighted by atomic mass is 10.0. The van der Waals surface area contributed by atoms with Gasteiger partial charge in [0, 0.05) is 31.9 Å². The zero-order chi connectivity index (χ0) is 19.1. The lowest BCUT2D eigenvalue weighted by Crippen LogP contribution is -2.41. The molecule has 1 saturated heterocycles.